The van der Waals surface area contributed by atoms with Crippen LogP contribution in [0.5, 0.6) is 5.95 Å². The molecule has 0 aliphatic carbocycles. The van der Waals surface area contributed by atoms with Gasteiger partial charge in [0.1, 0.15) is 5.82 Å². The van der Waals surface area contributed by atoms with Gasteiger partial charge >= 0.3 is 0 Å². The van der Waals surface area contributed by atoms with Gasteiger partial charge in [-0.05, 0) is 30.7 Å². The van der Waals surface area contributed by atoms with Gasteiger partial charge in [0.25, 0.3) is 11.9 Å². The molecular formula is C18H20FNO4. The zero-order chi connectivity index (χ0) is 16.9. The highest BCUT2D eigenvalue weighted by Gasteiger charge is 2.27. The van der Waals surface area contributed by atoms with E-state index in [4.69, 9.17) is 13.9 Å². The predicted octanol–water partition coefficient (Wildman–Crippen LogP) is 2.90. The molecule has 0 bridgehead atoms. The summed E-state index contributed by atoms with van der Waals surface area (Å²) in [6.07, 6.45) is 0.398. The molecule has 0 saturated carbocycles. The summed E-state index contributed by atoms with van der Waals surface area (Å²) in [5.41, 5.74) is 0.853. The van der Waals surface area contributed by atoms with Crippen LogP contribution in [-0.2, 0) is 11.2 Å². The first-order chi connectivity index (χ1) is 11.7. The van der Waals surface area contributed by atoms with E-state index in [0.29, 0.717) is 38.7 Å². The minimum absolute atomic E-state index is 0.161. The van der Waals surface area contributed by atoms with E-state index in [2.05, 4.69) is 0 Å². The first-order valence-electron chi connectivity index (χ1n) is 8.03. The van der Waals surface area contributed by atoms with Crippen LogP contribution in [-0.4, -0.2) is 43.2 Å². The highest BCUT2D eigenvalue weighted by Crippen LogP contribution is 2.20. The first kappa shape index (κ1) is 16.5. The summed E-state index contributed by atoms with van der Waals surface area (Å²) >= 11 is 0. The lowest BCUT2D eigenvalue weighted by Gasteiger charge is -2.32. The second kappa shape index (κ2) is 7.49. The van der Waals surface area contributed by atoms with Crippen LogP contribution in [0.15, 0.2) is 40.8 Å². The third-order valence-corrected chi connectivity index (χ3v) is 3.86. The topological polar surface area (TPSA) is 51.9 Å². The molecule has 1 saturated heterocycles. The van der Waals surface area contributed by atoms with Crippen molar-refractivity contribution in [1.82, 2.24) is 4.90 Å². The Morgan fingerprint density at radius 2 is 2.25 bits per heavy atom. The Morgan fingerprint density at radius 3 is 3.04 bits per heavy atom. The monoisotopic (exact) mass is 333 g/mol. The summed E-state index contributed by atoms with van der Waals surface area (Å²) in [6.45, 7) is 3.73. The number of hydrogen-bond donors (Lipinski definition) is 0. The lowest BCUT2D eigenvalue weighted by molar-refractivity contribution is -0.0219. The largest absolute Gasteiger partial charge is 0.465 e. The van der Waals surface area contributed by atoms with Crippen LogP contribution < -0.4 is 4.74 Å². The van der Waals surface area contributed by atoms with Crippen molar-refractivity contribution in [3.8, 4) is 5.95 Å². The maximum absolute atomic E-state index is 13.3. The molecule has 1 amide bonds. The van der Waals surface area contributed by atoms with E-state index in [0.717, 1.165) is 5.56 Å². The van der Waals surface area contributed by atoms with Crippen molar-refractivity contribution in [1.29, 1.82) is 0 Å². The minimum Gasteiger partial charge on any atom is -0.465 e. The van der Waals surface area contributed by atoms with Crippen LogP contribution in [0.2, 0.25) is 0 Å². The first-order valence-corrected chi connectivity index (χ1v) is 8.03. The van der Waals surface area contributed by atoms with Crippen LogP contribution >= 0.6 is 0 Å². The van der Waals surface area contributed by atoms with E-state index in [1.807, 2.05) is 13.0 Å². The number of carbonyl (C=O) groups is 1. The Balaban J connectivity index is 1.63. The molecule has 3 rings (SSSR count). The average molecular weight is 333 g/mol. The lowest BCUT2D eigenvalue weighted by atomic mass is 10.1. The number of furan rings is 1. The predicted molar refractivity (Wildman–Crippen MR) is 85.6 cm³/mol. The average Bonchev–Trinajstić information content (AvgIpc) is 3.03. The van der Waals surface area contributed by atoms with Crippen LogP contribution in [0.1, 0.15) is 23.0 Å². The second-order valence-corrected chi connectivity index (χ2v) is 5.63. The van der Waals surface area contributed by atoms with Gasteiger partial charge in [-0.2, -0.15) is 0 Å². The third-order valence-electron chi connectivity index (χ3n) is 3.86. The molecule has 0 radical (unpaired) electrons. The summed E-state index contributed by atoms with van der Waals surface area (Å²) in [6, 6.07) is 9.69. The van der Waals surface area contributed by atoms with Gasteiger partial charge in [-0.15, -0.1) is 0 Å². The van der Waals surface area contributed by atoms with E-state index in [-0.39, 0.29) is 23.6 Å². The summed E-state index contributed by atoms with van der Waals surface area (Å²) in [5, 5.41) is 0. The van der Waals surface area contributed by atoms with Gasteiger partial charge < -0.3 is 18.8 Å². The van der Waals surface area contributed by atoms with Crippen LogP contribution in [0, 0.1) is 5.82 Å². The fourth-order valence-electron chi connectivity index (χ4n) is 2.76. The number of amides is 1. The summed E-state index contributed by atoms with van der Waals surface area (Å²) in [7, 11) is 0. The van der Waals surface area contributed by atoms with Crippen LogP contribution in [0.3, 0.4) is 0 Å². The van der Waals surface area contributed by atoms with E-state index in [1.54, 1.807) is 23.1 Å². The zero-order valence-electron chi connectivity index (χ0n) is 13.5. The Morgan fingerprint density at radius 1 is 1.38 bits per heavy atom. The Kier molecular flexibility index (Phi) is 5.15. The van der Waals surface area contributed by atoms with Gasteiger partial charge in [-0.3, -0.25) is 4.79 Å². The molecule has 1 aliphatic heterocycles. The molecule has 128 valence electrons. The van der Waals surface area contributed by atoms with Gasteiger partial charge in [0.05, 0.1) is 19.3 Å². The number of carbonyl (C=O) groups excluding carboxylic acids is 1. The molecule has 1 aromatic carbocycles. The van der Waals surface area contributed by atoms with E-state index in [9.17, 15) is 9.18 Å². The quantitative estimate of drug-likeness (QED) is 0.844. The molecule has 1 fully saturated rings. The number of benzene rings is 1. The van der Waals surface area contributed by atoms with Gasteiger partial charge in [0.15, 0.2) is 5.76 Å². The third kappa shape index (κ3) is 3.94. The van der Waals surface area contributed by atoms with Crippen molar-refractivity contribution in [3.05, 3.63) is 53.5 Å². The second-order valence-electron chi connectivity index (χ2n) is 5.63. The van der Waals surface area contributed by atoms with Gasteiger partial charge in [-0.1, -0.05) is 12.1 Å². The smallest absolute Gasteiger partial charge is 0.289 e. The Labute approximate surface area is 140 Å². The lowest BCUT2D eigenvalue weighted by Crippen LogP contribution is -2.46. The molecule has 0 N–H and O–H groups in total. The number of morpholine rings is 1. The van der Waals surface area contributed by atoms with Gasteiger partial charge in [0.2, 0.25) is 0 Å². The highest BCUT2D eigenvalue weighted by atomic mass is 19.1. The molecule has 0 spiro atoms. The molecule has 1 aliphatic rings. The maximum atomic E-state index is 13.3. The van der Waals surface area contributed by atoms with Crippen molar-refractivity contribution >= 4 is 5.91 Å². The fraction of sp³-hybridized carbons (Fsp3) is 0.389. The Hall–Kier alpha value is -2.34. The van der Waals surface area contributed by atoms with Crippen LogP contribution in [0.25, 0.3) is 0 Å². The van der Waals surface area contributed by atoms with Crippen molar-refractivity contribution in [2.45, 2.75) is 19.4 Å². The molecule has 0 unspecified atom stereocenters. The number of nitrogens with zero attached hydrogens (tertiary/aromatic N) is 1. The molecule has 24 heavy (non-hydrogen) atoms. The summed E-state index contributed by atoms with van der Waals surface area (Å²) in [5.74, 6) is 0.138. The Bertz CT molecular complexity index is 700. The number of halogens is 1. The molecule has 2 aromatic rings. The van der Waals surface area contributed by atoms with Crippen LogP contribution in [0.4, 0.5) is 4.39 Å². The zero-order valence-corrected chi connectivity index (χ0v) is 13.5. The highest BCUT2D eigenvalue weighted by molar-refractivity contribution is 5.91. The maximum Gasteiger partial charge on any atom is 0.289 e. The molecule has 1 atom stereocenters. The summed E-state index contributed by atoms with van der Waals surface area (Å²) in [4.78, 5) is 14.2. The van der Waals surface area contributed by atoms with Crippen molar-refractivity contribution in [3.63, 3.8) is 0 Å². The number of hydrogen-bond acceptors (Lipinski definition) is 4. The normalized spacial score (nSPS) is 17.8. The number of rotatable bonds is 5. The minimum atomic E-state index is -0.268. The van der Waals surface area contributed by atoms with Gasteiger partial charge in [0, 0.05) is 25.6 Å². The molecular weight excluding hydrogens is 313 g/mol. The van der Waals surface area contributed by atoms with Crippen molar-refractivity contribution < 1.29 is 23.1 Å². The number of ether oxygens (including phenoxy) is 2. The standard InChI is InChI=1S/C18H20FNO4/c1-2-22-17-7-6-16(24-17)18(21)20-8-9-23-15(12-20)11-13-4-3-5-14(19)10-13/h3-7,10,15H,2,8-9,11-12H2,1H3/t15-/m0/s1. The molecule has 6 heteroatoms. The van der Waals surface area contributed by atoms with Gasteiger partial charge in [-0.25, -0.2) is 4.39 Å². The van der Waals surface area contributed by atoms with E-state index in [1.165, 1.54) is 12.1 Å². The van der Waals surface area contributed by atoms with E-state index >= 15 is 0 Å². The summed E-state index contributed by atoms with van der Waals surface area (Å²) < 4.78 is 29.6. The molecule has 5 nitrogen and oxygen atoms in total. The van der Waals surface area contributed by atoms with E-state index < -0.39 is 0 Å². The SMILES string of the molecule is CCOc1ccc(C(=O)N2CCO[C@@H](Cc3cccc(F)c3)C2)o1. The van der Waals surface area contributed by atoms with Crippen molar-refractivity contribution in [2.24, 2.45) is 0 Å². The fourth-order valence-corrected chi connectivity index (χ4v) is 2.76. The molecule has 1 aromatic heterocycles. The van der Waals surface area contributed by atoms with Crippen molar-refractivity contribution in [2.75, 3.05) is 26.3 Å². The molecule has 2 heterocycles.